The maximum Gasteiger partial charge on any atom is 0.338 e. The summed E-state index contributed by atoms with van der Waals surface area (Å²) >= 11 is 0. The molecule has 0 saturated carbocycles. The van der Waals surface area contributed by atoms with Gasteiger partial charge in [0.15, 0.2) is 0 Å². The molecule has 0 atom stereocenters. The summed E-state index contributed by atoms with van der Waals surface area (Å²) in [6.07, 6.45) is 2.50. The Balaban J connectivity index is 0.000000622. The van der Waals surface area contributed by atoms with Crippen molar-refractivity contribution in [2.45, 2.75) is 52.4 Å². The third-order valence-corrected chi connectivity index (χ3v) is 4.23. The topological polar surface area (TPSA) is 168 Å². The fraction of sp³-hybridized carbons (Fsp3) is 0.565. The Bertz CT molecular complexity index is 740. The number of aliphatic carboxylic acids is 1. The third-order valence-electron chi connectivity index (χ3n) is 4.23. The van der Waals surface area contributed by atoms with Crippen LogP contribution in [0.4, 0.5) is 0 Å². The first-order valence-corrected chi connectivity index (χ1v) is 10.6. The van der Waals surface area contributed by atoms with Crippen LogP contribution in [0.2, 0.25) is 0 Å². The first-order valence-electron chi connectivity index (χ1n) is 10.6. The van der Waals surface area contributed by atoms with E-state index in [4.69, 9.17) is 29.9 Å². The molecule has 33 heavy (non-hydrogen) atoms. The van der Waals surface area contributed by atoms with Crippen LogP contribution >= 0.6 is 0 Å². The van der Waals surface area contributed by atoms with Crippen molar-refractivity contribution in [1.82, 2.24) is 0 Å². The van der Waals surface area contributed by atoms with Crippen LogP contribution in [0.1, 0.15) is 73.1 Å². The van der Waals surface area contributed by atoms with E-state index in [2.05, 4.69) is 0 Å². The first-order chi connectivity index (χ1) is 15.5. The van der Waals surface area contributed by atoms with Crippen molar-refractivity contribution in [3.05, 3.63) is 35.4 Å². The Morgan fingerprint density at radius 3 is 1.91 bits per heavy atom. The van der Waals surface area contributed by atoms with Gasteiger partial charge in [0.05, 0.1) is 30.9 Å². The molecule has 0 aliphatic carbocycles. The Hall–Kier alpha value is -2.98. The maximum absolute atomic E-state index is 11.5. The van der Waals surface area contributed by atoms with Gasteiger partial charge in [-0.1, -0.05) is 13.8 Å². The average Bonchev–Trinajstić information content (AvgIpc) is 2.78. The van der Waals surface area contributed by atoms with Gasteiger partial charge in [0, 0.05) is 24.9 Å². The second-order valence-corrected chi connectivity index (χ2v) is 8.03. The second-order valence-electron chi connectivity index (χ2n) is 8.03. The molecule has 0 fully saturated rings. The first kappa shape index (κ1) is 30.0. The molecule has 0 radical (unpaired) electrons. The molecule has 0 aliphatic heterocycles. The molecule has 10 nitrogen and oxygen atoms in total. The number of aliphatic hydroxyl groups excluding tert-OH is 2. The zero-order valence-electron chi connectivity index (χ0n) is 19.1. The van der Waals surface area contributed by atoms with Gasteiger partial charge in [-0.05, 0) is 49.9 Å². The summed E-state index contributed by atoms with van der Waals surface area (Å²) in [6, 6.07) is 5.54. The van der Waals surface area contributed by atoms with Crippen molar-refractivity contribution in [2.75, 3.05) is 26.4 Å². The van der Waals surface area contributed by atoms with Gasteiger partial charge in [-0.3, -0.25) is 9.59 Å². The van der Waals surface area contributed by atoms with Crippen LogP contribution in [0, 0.1) is 5.41 Å². The fourth-order valence-electron chi connectivity index (χ4n) is 2.15. The van der Waals surface area contributed by atoms with E-state index in [9.17, 15) is 19.2 Å². The molecular formula is C23H34O10. The van der Waals surface area contributed by atoms with Gasteiger partial charge in [0.1, 0.15) is 0 Å². The number of rotatable bonds is 14. The number of carbonyl (C=O) groups is 4. The van der Waals surface area contributed by atoms with Crippen molar-refractivity contribution >= 4 is 23.9 Å². The number of carboxylic acids is 2. The number of carbonyl (C=O) groups excluding carboxylic acids is 2. The van der Waals surface area contributed by atoms with Gasteiger partial charge in [0.25, 0.3) is 0 Å². The summed E-state index contributed by atoms with van der Waals surface area (Å²) in [7, 11) is 0. The Morgan fingerprint density at radius 2 is 1.39 bits per heavy atom. The van der Waals surface area contributed by atoms with Crippen molar-refractivity contribution in [3.63, 3.8) is 0 Å². The number of aromatic carboxylic acids is 1. The molecule has 186 valence electrons. The number of aliphatic hydroxyl groups is 2. The zero-order valence-corrected chi connectivity index (χ0v) is 19.1. The lowest BCUT2D eigenvalue weighted by molar-refractivity contribution is -0.148. The number of hydrogen-bond donors (Lipinski definition) is 4. The van der Waals surface area contributed by atoms with Crippen LogP contribution in [0.15, 0.2) is 24.3 Å². The number of benzene rings is 1. The van der Waals surface area contributed by atoms with E-state index in [0.717, 1.165) is 0 Å². The molecule has 1 rings (SSSR count). The van der Waals surface area contributed by atoms with Crippen LogP contribution in [-0.4, -0.2) is 70.7 Å². The van der Waals surface area contributed by atoms with Gasteiger partial charge in [-0.15, -0.1) is 0 Å². The van der Waals surface area contributed by atoms with E-state index in [1.165, 1.54) is 24.3 Å². The SMILES string of the molecule is CC(C)(CO)COC(=O)CCCCC(=O)O.O=C(O)c1ccc(C(=O)OCCCCO)cc1. The smallest absolute Gasteiger partial charge is 0.338 e. The zero-order chi connectivity index (χ0) is 25.3. The summed E-state index contributed by atoms with van der Waals surface area (Å²) in [5.74, 6) is -2.71. The van der Waals surface area contributed by atoms with E-state index < -0.39 is 23.3 Å². The van der Waals surface area contributed by atoms with E-state index in [-0.39, 0.29) is 50.8 Å². The molecule has 4 N–H and O–H groups in total. The molecule has 0 unspecified atom stereocenters. The lowest BCUT2D eigenvalue weighted by atomic mass is 9.97. The number of carboxylic acid groups (broad SMARTS) is 2. The standard InChI is InChI=1S/C12H14O5.C11H20O5/c13-7-1-2-8-17-12(16)10-5-3-9(4-6-10)11(14)15;1-11(2,7-12)8-16-10(15)6-4-3-5-9(13)14/h3-6,13H,1-2,7-8H2,(H,14,15);12H,3-8H2,1-2H3,(H,13,14). The van der Waals surface area contributed by atoms with Crippen molar-refractivity contribution in [1.29, 1.82) is 0 Å². The molecule has 0 amide bonds. The summed E-state index contributed by atoms with van der Waals surface area (Å²) < 4.78 is 9.89. The molecule has 0 spiro atoms. The second kappa shape index (κ2) is 16.6. The van der Waals surface area contributed by atoms with Gasteiger partial charge in [-0.25, -0.2) is 9.59 Å². The van der Waals surface area contributed by atoms with Crippen LogP contribution < -0.4 is 0 Å². The minimum absolute atomic E-state index is 0.0424. The van der Waals surface area contributed by atoms with Gasteiger partial charge < -0.3 is 29.9 Å². The highest BCUT2D eigenvalue weighted by molar-refractivity contribution is 5.92. The molecule has 0 aromatic heterocycles. The van der Waals surface area contributed by atoms with Crippen LogP contribution in [-0.2, 0) is 19.1 Å². The number of esters is 2. The highest BCUT2D eigenvalue weighted by Crippen LogP contribution is 2.14. The predicted molar refractivity (Wildman–Crippen MR) is 118 cm³/mol. The number of hydrogen-bond acceptors (Lipinski definition) is 8. The summed E-state index contributed by atoms with van der Waals surface area (Å²) in [4.78, 5) is 43.4. The lowest BCUT2D eigenvalue weighted by Gasteiger charge is -2.20. The van der Waals surface area contributed by atoms with Gasteiger partial charge in [0.2, 0.25) is 0 Å². The molecule has 0 aliphatic rings. The number of ether oxygens (including phenoxy) is 2. The normalized spacial score (nSPS) is 10.5. The Labute approximate surface area is 193 Å². The molecule has 0 bridgehead atoms. The molecule has 0 saturated heterocycles. The van der Waals surface area contributed by atoms with E-state index in [1.54, 1.807) is 13.8 Å². The molecule has 0 heterocycles. The van der Waals surface area contributed by atoms with Gasteiger partial charge in [-0.2, -0.15) is 0 Å². The van der Waals surface area contributed by atoms with E-state index in [1.807, 2.05) is 0 Å². The molecule has 10 heteroatoms. The largest absolute Gasteiger partial charge is 0.481 e. The lowest BCUT2D eigenvalue weighted by Crippen LogP contribution is -2.25. The van der Waals surface area contributed by atoms with Crippen LogP contribution in [0.25, 0.3) is 0 Å². The Morgan fingerprint density at radius 1 is 0.818 bits per heavy atom. The summed E-state index contributed by atoms with van der Waals surface area (Å²) in [5.41, 5.74) is 0.0253. The number of unbranched alkanes of at least 4 members (excludes halogenated alkanes) is 2. The molecule has 1 aromatic carbocycles. The van der Waals surface area contributed by atoms with Crippen LogP contribution in [0.3, 0.4) is 0 Å². The van der Waals surface area contributed by atoms with Crippen molar-refractivity contribution in [2.24, 2.45) is 5.41 Å². The predicted octanol–water partition coefficient (Wildman–Crippen LogP) is 2.51. The summed E-state index contributed by atoms with van der Waals surface area (Å²) in [6.45, 7) is 4.06. The van der Waals surface area contributed by atoms with Crippen molar-refractivity contribution < 1.29 is 49.1 Å². The molecular weight excluding hydrogens is 436 g/mol. The highest BCUT2D eigenvalue weighted by Gasteiger charge is 2.18. The fourth-order valence-corrected chi connectivity index (χ4v) is 2.15. The average molecular weight is 471 g/mol. The highest BCUT2D eigenvalue weighted by atomic mass is 16.5. The monoisotopic (exact) mass is 470 g/mol. The maximum atomic E-state index is 11.5. The third kappa shape index (κ3) is 15.5. The van der Waals surface area contributed by atoms with E-state index >= 15 is 0 Å². The van der Waals surface area contributed by atoms with Crippen LogP contribution in [0.5, 0.6) is 0 Å². The molecule has 1 aromatic rings. The minimum Gasteiger partial charge on any atom is -0.481 e. The quantitative estimate of drug-likeness (QED) is 0.234. The van der Waals surface area contributed by atoms with Gasteiger partial charge >= 0.3 is 23.9 Å². The minimum atomic E-state index is -1.03. The summed E-state index contributed by atoms with van der Waals surface area (Å²) in [5, 5.41) is 34.5. The van der Waals surface area contributed by atoms with E-state index in [0.29, 0.717) is 31.2 Å². The Kier molecular flexibility index (Phi) is 15.1. The van der Waals surface area contributed by atoms with Crippen molar-refractivity contribution in [3.8, 4) is 0 Å².